The van der Waals surface area contributed by atoms with Crippen LogP contribution in [0.3, 0.4) is 0 Å². The monoisotopic (exact) mass is 565 g/mol. The number of carbonyl (C=O) groups excluding carboxylic acids is 3. The number of amides is 3. The number of likely N-dealkylation sites (tertiary alicyclic amines) is 1. The van der Waals surface area contributed by atoms with Gasteiger partial charge in [-0.2, -0.15) is 0 Å². The molecule has 9 nitrogen and oxygen atoms in total. The summed E-state index contributed by atoms with van der Waals surface area (Å²) >= 11 is 0. The van der Waals surface area contributed by atoms with E-state index in [-0.39, 0.29) is 36.9 Å². The van der Waals surface area contributed by atoms with Crippen LogP contribution < -0.4 is 9.64 Å². The highest BCUT2D eigenvalue weighted by Gasteiger charge is 2.75. The standard InChI is InChI=1S/C32H43N3O6/c1-5-11-22(4)33-18-9-17-32-26(29(38)35(20-10-21-36)27(32)30(33)39)25-28(37)34(19-8-16-31(25,6-2)41-32)23-12-14-24(15-13-23)40-7-3/h8-9,12-17,22,25-27,36H,5-7,10-11,18-21H2,1-4H3/t22?,25-,26-,27?,31+,32-/m0/s1. The van der Waals surface area contributed by atoms with Gasteiger partial charge in [-0.05, 0) is 57.4 Å². The number of ether oxygens (including phenoxy) is 2. The SMILES string of the molecule is CCCC(C)N1CC=C[C@]23O[C@]4(CC)C=CCN(c5ccc(OCC)cc5)C(=O)[C@@H]4[C@H]2C(=O)N(CCCO)C3C1=O. The quantitative estimate of drug-likeness (QED) is 0.437. The molecule has 9 heteroatoms. The van der Waals surface area contributed by atoms with Crippen molar-refractivity contribution in [3.05, 3.63) is 48.6 Å². The molecule has 0 aliphatic carbocycles. The van der Waals surface area contributed by atoms with Gasteiger partial charge >= 0.3 is 0 Å². The summed E-state index contributed by atoms with van der Waals surface area (Å²) in [5, 5.41) is 9.64. The summed E-state index contributed by atoms with van der Waals surface area (Å²) in [6, 6.07) is 6.48. The van der Waals surface area contributed by atoms with Crippen LogP contribution in [0.2, 0.25) is 0 Å². The molecule has 41 heavy (non-hydrogen) atoms. The average molecular weight is 566 g/mol. The van der Waals surface area contributed by atoms with Crippen molar-refractivity contribution in [2.75, 3.05) is 37.7 Å². The predicted octanol–water partition coefficient (Wildman–Crippen LogP) is 3.32. The molecule has 1 spiro atoms. The second-order valence-electron chi connectivity index (χ2n) is 11.5. The molecule has 0 aromatic heterocycles. The fourth-order valence-electron chi connectivity index (χ4n) is 7.35. The van der Waals surface area contributed by atoms with Crippen molar-refractivity contribution >= 4 is 23.4 Å². The minimum Gasteiger partial charge on any atom is -0.494 e. The van der Waals surface area contributed by atoms with Gasteiger partial charge in [0.05, 0.1) is 24.0 Å². The van der Waals surface area contributed by atoms with Gasteiger partial charge in [-0.25, -0.2) is 0 Å². The van der Waals surface area contributed by atoms with E-state index >= 15 is 0 Å². The lowest BCUT2D eigenvalue weighted by Crippen LogP contribution is -2.57. The van der Waals surface area contributed by atoms with Crippen LogP contribution in [0.1, 0.15) is 53.4 Å². The van der Waals surface area contributed by atoms with Crippen LogP contribution in [0.25, 0.3) is 0 Å². The van der Waals surface area contributed by atoms with Gasteiger partial charge < -0.3 is 29.3 Å². The molecule has 0 saturated carbocycles. The topological polar surface area (TPSA) is 99.6 Å². The molecule has 2 unspecified atom stereocenters. The van der Waals surface area contributed by atoms with E-state index in [0.717, 1.165) is 18.6 Å². The van der Waals surface area contributed by atoms with E-state index in [9.17, 15) is 19.5 Å². The lowest BCUT2D eigenvalue weighted by molar-refractivity contribution is -0.153. The first kappa shape index (κ1) is 29.3. The molecular weight excluding hydrogens is 522 g/mol. The molecular formula is C32H43N3O6. The van der Waals surface area contributed by atoms with Crippen molar-refractivity contribution < 1.29 is 29.0 Å². The van der Waals surface area contributed by atoms with E-state index in [1.54, 1.807) is 9.80 Å². The number of benzene rings is 1. The summed E-state index contributed by atoms with van der Waals surface area (Å²) in [7, 11) is 0. The Hall–Kier alpha value is -3.17. The van der Waals surface area contributed by atoms with Gasteiger partial charge in [0, 0.05) is 38.0 Å². The van der Waals surface area contributed by atoms with Gasteiger partial charge in [-0.15, -0.1) is 0 Å². The van der Waals surface area contributed by atoms with Crippen LogP contribution >= 0.6 is 0 Å². The molecule has 0 radical (unpaired) electrons. The predicted molar refractivity (Wildman–Crippen MR) is 155 cm³/mol. The molecule has 4 aliphatic rings. The van der Waals surface area contributed by atoms with Crippen molar-refractivity contribution in [3.63, 3.8) is 0 Å². The van der Waals surface area contributed by atoms with Gasteiger partial charge in [0.25, 0.3) is 0 Å². The van der Waals surface area contributed by atoms with Gasteiger partial charge in [-0.3, -0.25) is 14.4 Å². The Morgan fingerprint density at radius 2 is 1.73 bits per heavy atom. The van der Waals surface area contributed by atoms with E-state index in [1.165, 1.54) is 0 Å². The smallest absolute Gasteiger partial charge is 0.249 e. The first-order chi connectivity index (χ1) is 19.8. The molecule has 222 valence electrons. The van der Waals surface area contributed by atoms with Gasteiger partial charge in [0.2, 0.25) is 17.7 Å². The van der Waals surface area contributed by atoms with Crippen molar-refractivity contribution in [3.8, 4) is 5.75 Å². The molecule has 5 rings (SSSR count). The Balaban J connectivity index is 1.60. The van der Waals surface area contributed by atoms with Crippen LogP contribution in [-0.2, 0) is 19.1 Å². The zero-order valence-electron chi connectivity index (χ0n) is 24.6. The Labute approximate surface area is 242 Å². The number of fused-ring (bicyclic) bond motifs is 2. The van der Waals surface area contributed by atoms with Crippen LogP contribution in [0.5, 0.6) is 5.75 Å². The van der Waals surface area contributed by atoms with E-state index in [1.807, 2.05) is 74.2 Å². The summed E-state index contributed by atoms with van der Waals surface area (Å²) < 4.78 is 12.6. The summed E-state index contributed by atoms with van der Waals surface area (Å²) in [5.74, 6) is -1.58. The van der Waals surface area contributed by atoms with Crippen LogP contribution in [-0.4, -0.2) is 88.8 Å². The molecule has 2 fully saturated rings. The normalized spacial score (nSPS) is 31.6. The maximum atomic E-state index is 14.6. The highest BCUT2D eigenvalue weighted by molar-refractivity contribution is 6.04. The molecule has 2 saturated heterocycles. The average Bonchev–Trinajstić information content (AvgIpc) is 3.25. The molecule has 0 bridgehead atoms. The Bertz CT molecular complexity index is 1210. The number of hydrogen-bond acceptors (Lipinski definition) is 6. The van der Waals surface area contributed by atoms with E-state index in [2.05, 4.69) is 6.92 Å². The van der Waals surface area contributed by atoms with Crippen molar-refractivity contribution in [1.29, 1.82) is 0 Å². The maximum Gasteiger partial charge on any atom is 0.249 e. The number of aliphatic hydroxyl groups is 1. The van der Waals surface area contributed by atoms with Crippen molar-refractivity contribution in [2.24, 2.45) is 11.8 Å². The number of rotatable bonds is 10. The maximum absolute atomic E-state index is 14.6. The second-order valence-corrected chi connectivity index (χ2v) is 11.5. The fourth-order valence-corrected chi connectivity index (χ4v) is 7.35. The van der Waals surface area contributed by atoms with E-state index in [4.69, 9.17) is 9.47 Å². The molecule has 1 aromatic carbocycles. The molecule has 4 aliphatic heterocycles. The van der Waals surface area contributed by atoms with E-state index in [0.29, 0.717) is 38.2 Å². The van der Waals surface area contributed by atoms with Crippen LogP contribution in [0.4, 0.5) is 5.69 Å². The highest BCUT2D eigenvalue weighted by atomic mass is 16.5. The zero-order chi connectivity index (χ0) is 29.4. The Kier molecular flexibility index (Phi) is 8.30. The first-order valence-corrected chi connectivity index (χ1v) is 15.1. The molecule has 1 N–H and O–H groups in total. The van der Waals surface area contributed by atoms with Crippen molar-refractivity contribution in [2.45, 2.75) is 76.7 Å². The number of aliphatic hydroxyl groups excluding tert-OH is 1. The highest BCUT2D eigenvalue weighted by Crippen LogP contribution is 2.58. The molecule has 4 heterocycles. The first-order valence-electron chi connectivity index (χ1n) is 15.1. The minimum absolute atomic E-state index is 0.00941. The lowest BCUT2D eigenvalue weighted by atomic mass is 9.73. The Morgan fingerprint density at radius 1 is 1.00 bits per heavy atom. The van der Waals surface area contributed by atoms with Crippen molar-refractivity contribution in [1.82, 2.24) is 9.80 Å². The number of carbonyl (C=O) groups is 3. The van der Waals surface area contributed by atoms with Crippen LogP contribution in [0, 0.1) is 11.8 Å². The molecule has 6 atom stereocenters. The van der Waals surface area contributed by atoms with Crippen LogP contribution in [0.15, 0.2) is 48.6 Å². The van der Waals surface area contributed by atoms with Gasteiger partial charge in [0.1, 0.15) is 17.4 Å². The summed E-state index contributed by atoms with van der Waals surface area (Å²) in [5.41, 5.74) is -1.61. The fraction of sp³-hybridized carbons (Fsp3) is 0.594. The minimum atomic E-state index is -1.28. The van der Waals surface area contributed by atoms with Gasteiger partial charge in [0.15, 0.2) is 0 Å². The molecule has 3 amide bonds. The summed E-state index contributed by atoms with van der Waals surface area (Å²) in [6.07, 6.45) is 10.3. The second kappa shape index (κ2) is 11.6. The third-order valence-corrected chi connectivity index (χ3v) is 9.23. The zero-order valence-corrected chi connectivity index (χ0v) is 24.6. The third kappa shape index (κ3) is 4.67. The Morgan fingerprint density at radius 3 is 2.39 bits per heavy atom. The van der Waals surface area contributed by atoms with Gasteiger partial charge in [-0.1, -0.05) is 44.6 Å². The number of anilines is 1. The summed E-state index contributed by atoms with van der Waals surface area (Å²) in [6.45, 7) is 9.43. The molecule has 1 aromatic rings. The van der Waals surface area contributed by atoms with E-state index < -0.39 is 29.1 Å². The third-order valence-electron chi connectivity index (χ3n) is 9.23. The number of hydrogen-bond donors (Lipinski definition) is 1. The largest absolute Gasteiger partial charge is 0.494 e. The number of nitrogens with zero attached hydrogens (tertiary/aromatic N) is 3. The lowest BCUT2D eigenvalue weighted by Gasteiger charge is -2.39. The summed E-state index contributed by atoms with van der Waals surface area (Å²) in [4.78, 5) is 48.4.